The summed E-state index contributed by atoms with van der Waals surface area (Å²) in [6.45, 7) is 0.511. The fraction of sp³-hybridized carbons (Fsp3) is 0.833. The molecule has 0 aromatic rings. The summed E-state index contributed by atoms with van der Waals surface area (Å²) < 4.78 is 26.6. The van der Waals surface area contributed by atoms with Crippen LogP contribution in [-0.2, 0) is 16.6 Å². The standard InChI is InChI=1S/2C5H5.C2H4O3S.Fe/c2*1-2-4-5-3-1;1-2-6(3,4)5;/h2*1-5H;2H,1H2,(H,3,4,5);. The van der Waals surface area contributed by atoms with Crippen LogP contribution in [0.2, 0.25) is 48.2 Å². The van der Waals surface area contributed by atoms with Crippen LogP contribution in [0.25, 0.3) is 0 Å². The molecule has 0 unspecified atom stereocenters. The Morgan fingerprint density at radius 2 is 1.00 bits per heavy atom. The SMILES string of the molecule is C=CS(=O)(=O)O.[CH]12[CH]3[CH]4[CH]5[CH]1[Fe]23451678[CH]2[CH]1[CH]6[CH]7[CH]28. The molecule has 10 aliphatic heterocycles. The van der Waals surface area contributed by atoms with Gasteiger partial charge in [0.1, 0.15) is 0 Å². The average molecular weight is 294 g/mol. The maximum absolute atomic E-state index is 9.44. The van der Waals surface area contributed by atoms with Gasteiger partial charge in [-0.15, -0.1) is 0 Å². The van der Waals surface area contributed by atoms with Gasteiger partial charge in [0, 0.05) is 0 Å². The summed E-state index contributed by atoms with van der Waals surface area (Å²) in [6, 6.07) is 0. The fourth-order valence-electron chi connectivity index (χ4n) is 15.8. The Bertz CT molecular complexity index is 832. The molecule has 1 N–H and O–H groups in total. The first-order valence-electron chi connectivity index (χ1n) is 6.53. The van der Waals surface area contributed by atoms with Gasteiger partial charge in [0.05, 0.1) is 5.41 Å². The van der Waals surface area contributed by atoms with Crippen LogP contribution >= 0.6 is 0 Å². The molecule has 3 nitrogen and oxygen atoms in total. The van der Waals surface area contributed by atoms with E-state index in [2.05, 4.69) is 6.58 Å². The quantitative estimate of drug-likeness (QED) is 0.595. The second kappa shape index (κ2) is 0.551. The molecule has 0 aromatic carbocycles. The zero-order valence-corrected chi connectivity index (χ0v) is 11.0. The molecule has 0 bridgehead atoms. The summed E-state index contributed by atoms with van der Waals surface area (Å²) in [7, 11) is -3.90. The zero-order chi connectivity index (χ0) is 11.3. The summed E-state index contributed by atoms with van der Waals surface area (Å²) in [5.74, 6) is 0. The van der Waals surface area contributed by atoms with Gasteiger partial charge in [-0.2, -0.15) is 8.42 Å². The van der Waals surface area contributed by atoms with Crippen LogP contribution in [0.4, 0.5) is 0 Å². The van der Waals surface area contributed by atoms with Gasteiger partial charge >= 0.3 is 54.7 Å². The van der Waals surface area contributed by atoms with E-state index in [9.17, 15) is 8.42 Å². The summed E-state index contributed by atoms with van der Waals surface area (Å²) >= 11 is 0. The van der Waals surface area contributed by atoms with Crippen LogP contribution in [0.3, 0.4) is 0 Å². The Labute approximate surface area is 89.7 Å². The van der Waals surface area contributed by atoms with E-state index in [1.54, 1.807) is 48.2 Å². The molecule has 0 atom stereocenters. The normalized spacial score (nSPS) is 114. The molecule has 10 aliphatic rings. The molecular formula is C12H14FeO3S. The molecule has 0 aromatic heterocycles. The van der Waals surface area contributed by atoms with Crippen LogP contribution in [0, 0.1) is 0 Å². The maximum atomic E-state index is 9.44. The molecule has 0 saturated carbocycles. The van der Waals surface area contributed by atoms with Crippen LogP contribution in [-0.4, -0.2) is 13.0 Å². The predicted octanol–water partition coefficient (Wildman–Crippen LogP) is 3.39. The minimum atomic E-state index is -3.90. The van der Waals surface area contributed by atoms with Crippen molar-refractivity contribution < 1.29 is 19.5 Å². The van der Waals surface area contributed by atoms with E-state index in [1.807, 2.05) is 0 Å². The first-order valence-corrected chi connectivity index (χ1v) is 14.4. The summed E-state index contributed by atoms with van der Waals surface area (Å²) in [4.78, 5) is 15.9. The summed E-state index contributed by atoms with van der Waals surface area (Å²) in [5, 5.41) is 0.465. The van der Waals surface area contributed by atoms with E-state index in [1.165, 1.54) is 0 Å². The van der Waals surface area contributed by atoms with Gasteiger partial charge in [0.2, 0.25) is 0 Å². The van der Waals surface area contributed by atoms with Crippen molar-refractivity contribution in [2.45, 2.75) is 48.2 Å². The van der Waals surface area contributed by atoms with E-state index in [4.69, 9.17) is 4.55 Å². The van der Waals surface area contributed by atoms with Crippen molar-refractivity contribution in [3.05, 3.63) is 12.0 Å². The topological polar surface area (TPSA) is 54.4 Å². The first kappa shape index (κ1) is 7.09. The molecule has 10 rings (SSSR count). The van der Waals surface area contributed by atoms with E-state index >= 15 is 0 Å². The van der Waals surface area contributed by atoms with E-state index in [-0.39, 0.29) is 0 Å². The van der Waals surface area contributed by atoms with Crippen LogP contribution in [0.15, 0.2) is 12.0 Å². The fourth-order valence-corrected chi connectivity index (χ4v) is 88.0. The molecule has 10 saturated heterocycles. The van der Waals surface area contributed by atoms with Gasteiger partial charge in [0.25, 0.3) is 10.1 Å². The Morgan fingerprint density at radius 3 is 1.00 bits per heavy atom. The number of rotatable bonds is 1. The molecule has 5 heteroatoms. The number of fused-ring (bicyclic) bond motifs is 10. The van der Waals surface area contributed by atoms with Crippen molar-refractivity contribution in [3.63, 3.8) is 0 Å². The molecule has 10 fully saturated rings. The molecule has 0 amide bonds. The second-order valence-electron chi connectivity index (χ2n) is 10.3. The monoisotopic (exact) mass is 294 g/mol. The van der Waals surface area contributed by atoms with Gasteiger partial charge in [-0.1, -0.05) is 6.58 Å². The Hall–Kier alpha value is 0.169. The van der Waals surface area contributed by atoms with Gasteiger partial charge in [-0.05, 0) is 0 Å². The van der Waals surface area contributed by atoms with E-state index in [0.29, 0.717) is 5.41 Å². The third kappa shape index (κ3) is 0.0786. The molecule has 94 valence electrons. The molecule has 0 radical (unpaired) electrons. The van der Waals surface area contributed by atoms with Crippen LogP contribution in [0.1, 0.15) is 0 Å². The molecular weight excluding hydrogens is 280 g/mol. The molecule has 0 aliphatic carbocycles. The summed E-state index contributed by atoms with van der Waals surface area (Å²) in [5.41, 5.74) is 0. The molecule has 17 heavy (non-hydrogen) atoms. The molecule has 1 spiro atoms. The van der Waals surface area contributed by atoms with Crippen LogP contribution < -0.4 is 0 Å². The summed E-state index contributed by atoms with van der Waals surface area (Å²) in [6.07, 6.45) is 0. The van der Waals surface area contributed by atoms with Crippen LogP contribution in [0.5, 0.6) is 0 Å². The Kier molecular flexibility index (Phi) is 0.230. The van der Waals surface area contributed by atoms with Gasteiger partial charge < -0.3 is 0 Å². The van der Waals surface area contributed by atoms with Gasteiger partial charge in [-0.3, -0.25) is 4.55 Å². The van der Waals surface area contributed by atoms with Crippen molar-refractivity contribution in [1.29, 1.82) is 0 Å². The number of hydrogen-bond donors (Lipinski definition) is 1. The average Bonchev–Trinajstić information content (AvgIpc) is 3.22. The van der Waals surface area contributed by atoms with Gasteiger partial charge in [0.15, 0.2) is 0 Å². The van der Waals surface area contributed by atoms with Crippen molar-refractivity contribution in [1.82, 2.24) is 0 Å². The van der Waals surface area contributed by atoms with Crippen molar-refractivity contribution in [3.8, 4) is 0 Å². The third-order valence-electron chi connectivity index (χ3n) is 14.7. The second-order valence-corrected chi connectivity index (χ2v) is 35.6. The minimum absolute atomic E-state index is 0.465. The van der Waals surface area contributed by atoms with E-state index in [0.717, 1.165) is 0 Å². The predicted molar refractivity (Wildman–Crippen MR) is 59.2 cm³/mol. The van der Waals surface area contributed by atoms with E-state index < -0.39 is 16.6 Å². The molecule has 10 heterocycles. The van der Waals surface area contributed by atoms with Crippen molar-refractivity contribution in [2.24, 2.45) is 0 Å². The third-order valence-corrected chi connectivity index (χ3v) is 57.1. The van der Waals surface area contributed by atoms with Crippen molar-refractivity contribution >= 4 is 10.1 Å². The first-order chi connectivity index (χ1) is 7.72. The number of hydrogen-bond acceptors (Lipinski definition) is 2. The Morgan fingerprint density at radius 1 is 0.824 bits per heavy atom. The Balaban J connectivity index is 0.0000000947. The van der Waals surface area contributed by atoms with Gasteiger partial charge in [-0.25, -0.2) is 0 Å². The zero-order valence-electron chi connectivity index (χ0n) is 9.08. The van der Waals surface area contributed by atoms with Crippen molar-refractivity contribution in [2.75, 3.05) is 0 Å².